The molecule has 0 saturated carbocycles. The lowest BCUT2D eigenvalue weighted by atomic mass is 9.80. The first kappa shape index (κ1) is 25.7. The first-order chi connectivity index (χ1) is 15.7. The van der Waals surface area contributed by atoms with Crippen LogP contribution in [-0.2, 0) is 27.4 Å². The third-order valence-electron chi connectivity index (χ3n) is 6.11. The minimum absolute atomic E-state index is 0.0954. The SMILES string of the molecule is C[C@@H]1[C@H](OCc2ccccc2)[C@@H](C)[C@](O)(C#C[Si](C)(C)C)O[C@@H]1CCOCc1ccccc1. The van der Waals surface area contributed by atoms with E-state index in [1.165, 1.54) is 0 Å². The van der Waals surface area contributed by atoms with E-state index in [4.69, 9.17) is 14.2 Å². The Balaban J connectivity index is 1.71. The maximum atomic E-state index is 11.5. The lowest BCUT2D eigenvalue weighted by molar-refractivity contribution is -0.295. The Kier molecular flexibility index (Phi) is 8.92. The van der Waals surface area contributed by atoms with Gasteiger partial charge in [-0.2, -0.15) is 0 Å². The van der Waals surface area contributed by atoms with Gasteiger partial charge in [-0.15, -0.1) is 5.54 Å². The average molecular weight is 467 g/mol. The molecule has 2 aromatic rings. The zero-order valence-corrected chi connectivity index (χ0v) is 21.6. The molecule has 3 rings (SSSR count). The van der Waals surface area contributed by atoms with E-state index < -0.39 is 13.9 Å². The highest BCUT2D eigenvalue weighted by Gasteiger charge is 2.50. The van der Waals surface area contributed by atoms with Crippen molar-refractivity contribution in [3.8, 4) is 11.5 Å². The summed E-state index contributed by atoms with van der Waals surface area (Å²) in [5.41, 5.74) is 5.57. The van der Waals surface area contributed by atoms with Gasteiger partial charge in [0.1, 0.15) is 8.07 Å². The van der Waals surface area contributed by atoms with Crippen LogP contribution in [0.1, 0.15) is 31.4 Å². The van der Waals surface area contributed by atoms with Crippen molar-refractivity contribution in [1.82, 2.24) is 0 Å². The van der Waals surface area contributed by atoms with Gasteiger partial charge in [-0.25, -0.2) is 0 Å². The summed E-state index contributed by atoms with van der Waals surface area (Å²) in [6.07, 6.45) is 0.278. The fraction of sp³-hybridized carbons (Fsp3) is 0.500. The molecule has 1 fully saturated rings. The molecular weight excluding hydrogens is 428 g/mol. The second kappa shape index (κ2) is 11.5. The van der Waals surface area contributed by atoms with Crippen LogP contribution in [-0.4, -0.2) is 37.8 Å². The van der Waals surface area contributed by atoms with Crippen LogP contribution in [0.5, 0.6) is 0 Å². The Labute approximate surface area is 200 Å². The Morgan fingerprint density at radius 3 is 2.09 bits per heavy atom. The van der Waals surface area contributed by atoms with Gasteiger partial charge in [0, 0.05) is 18.4 Å². The molecule has 33 heavy (non-hydrogen) atoms. The molecule has 0 spiro atoms. The Morgan fingerprint density at radius 1 is 0.939 bits per heavy atom. The normalized spacial score (nSPS) is 27.6. The van der Waals surface area contributed by atoms with Gasteiger partial charge in [0.2, 0.25) is 5.79 Å². The quantitative estimate of drug-likeness (QED) is 0.321. The van der Waals surface area contributed by atoms with E-state index in [9.17, 15) is 5.11 Å². The molecule has 5 atom stereocenters. The van der Waals surface area contributed by atoms with E-state index in [1.54, 1.807) is 0 Å². The van der Waals surface area contributed by atoms with Crippen molar-refractivity contribution in [3.05, 3.63) is 71.8 Å². The molecule has 0 aliphatic carbocycles. The zero-order chi connectivity index (χ0) is 23.9. The van der Waals surface area contributed by atoms with Gasteiger partial charge in [-0.3, -0.25) is 0 Å². The van der Waals surface area contributed by atoms with E-state index in [0.717, 1.165) is 11.1 Å². The molecule has 4 nitrogen and oxygen atoms in total. The van der Waals surface area contributed by atoms with E-state index in [-0.39, 0.29) is 24.0 Å². The topological polar surface area (TPSA) is 47.9 Å². The predicted octanol–water partition coefficient (Wildman–Crippen LogP) is 5.42. The van der Waals surface area contributed by atoms with Crippen LogP contribution in [0.25, 0.3) is 0 Å². The first-order valence-corrected chi connectivity index (χ1v) is 15.4. The summed E-state index contributed by atoms with van der Waals surface area (Å²) in [6.45, 7) is 12.2. The van der Waals surface area contributed by atoms with Gasteiger partial charge in [0.15, 0.2) is 0 Å². The lowest BCUT2D eigenvalue weighted by Gasteiger charge is -2.47. The highest BCUT2D eigenvalue weighted by atomic mass is 28.3. The number of hydrogen-bond acceptors (Lipinski definition) is 4. The van der Waals surface area contributed by atoms with Crippen LogP contribution in [0.4, 0.5) is 0 Å². The summed E-state index contributed by atoms with van der Waals surface area (Å²) in [5.74, 6) is 1.40. The molecule has 0 unspecified atom stereocenters. The molecule has 1 saturated heterocycles. The minimum atomic E-state index is -1.69. The van der Waals surface area contributed by atoms with Gasteiger partial charge in [-0.05, 0) is 23.5 Å². The van der Waals surface area contributed by atoms with E-state index >= 15 is 0 Å². The third kappa shape index (κ3) is 7.53. The Morgan fingerprint density at radius 2 is 1.52 bits per heavy atom. The van der Waals surface area contributed by atoms with Crippen LogP contribution in [0, 0.1) is 23.3 Å². The highest BCUT2D eigenvalue weighted by Crippen LogP contribution is 2.39. The number of hydrogen-bond donors (Lipinski definition) is 1. The van der Waals surface area contributed by atoms with Crippen molar-refractivity contribution in [2.75, 3.05) is 6.61 Å². The summed E-state index contributed by atoms with van der Waals surface area (Å²) in [4.78, 5) is 0. The fourth-order valence-corrected chi connectivity index (χ4v) is 4.66. The van der Waals surface area contributed by atoms with Gasteiger partial charge in [0.05, 0.1) is 25.4 Å². The maximum absolute atomic E-state index is 11.5. The summed E-state index contributed by atoms with van der Waals surface area (Å²) < 4.78 is 18.6. The van der Waals surface area contributed by atoms with Crippen molar-refractivity contribution in [2.45, 2.75) is 71.1 Å². The van der Waals surface area contributed by atoms with Gasteiger partial charge >= 0.3 is 0 Å². The highest BCUT2D eigenvalue weighted by molar-refractivity contribution is 6.83. The maximum Gasteiger partial charge on any atom is 0.235 e. The average Bonchev–Trinajstić information content (AvgIpc) is 2.80. The number of rotatable bonds is 8. The van der Waals surface area contributed by atoms with Crippen molar-refractivity contribution < 1.29 is 19.3 Å². The van der Waals surface area contributed by atoms with Crippen LogP contribution in [0.3, 0.4) is 0 Å². The van der Waals surface area contributed by atoms with E-state index in [0.29, 0.717) is 26.2 Å². The van der Waals surface area contributed by atoms with Crippen LogP contribution < -0.4 is 0 Å². The van der Waals surface area contributed by atoms with Crippen LogP contribution in [0.15, 0.2) is 60.7 Å². The minimum Gasteiger partial charge on any atom is -0.377 e. The summed E-state index contributed by atoms with van der Waals surface area (Å²) in [5, 5.41) is 11.5. The molecule has 0 bridgehead atoms. The Hall–Kier alpha value is -1.94. The molecule has 178 valence electrons. The van der Waals surface area contributed by atoms with Gasteiger partial charge in [0.25, 0.3) is 0 Å². The standard InChI is InChI=1S/C28H38O4Si/c1-22-26(16-18-30-20-24-12-8-6-9-13-24)32-28(29,17-19-33(3,4)5)23(2)27(22)31-21-25-14-10-7-11-15-25/h6-15,22-23,26-27,29H,16,18,20-21H2,1-5H3/t22-,23+,26+,27-,28-/m0/s1. The van der Waals surface area contributed by atoms with Gasteiger partial charge < -0.3 is 19.3 Å². The smallest absolute Gasteiger partial charge is 0.235 e. The summed E-state index contributed by atoms with van der Waals surface area (Å²) in [6, 6.07) is 20.3. The molecule has 1 N–H and O–H groups in total. The molecule has 1 heterocycles. The Bertz CT molecular complexity index is 916. The summed E-state index contributed by atoms with van der Waals surface area (Å²) >= 11 is 0. The molecule has 0 radical (unpaired) electrons. The molecule has 1 aliphatic rings. The van der Waals surface area contributed by atoms with Crippen LogP contribution in [0.2, 0.25) is 19.6 Å². The van der Waals surface area contributed by atoms with Crippen molar-refractivity contribution in [2.24, 2.45) is 11.8 Å². The third-order valence-corrected chi connectivity index (χ3v) is 6.98. The van der Waals surface area contributed by atoms with Crippen molar-refractivity contribution >= 4 is 8.07 Å². The van der Waals surface area contributed by atoms with Crippen LogP contribution >= 0.6 is 0 Å². The molecule has 0 amide bonds. The molecule has 5 heteroatoms. The summed E-state index contributed by atoms with van der Waals surface area (Å²) in [7, 11) is -1.69. The molecule has 1 aliphatic heterocycles. The van der Waals surface area contributed by atoms with E-state index in [1.807, 2.05) is 43.3 Å². The van der Waals surface area contributed by atoms with E-state index in [2.05, 4.69) is 62.3 Å². The monoisotopic (exact) mass is 466 g/mol. The van der Waals surface area contributed by atoms with Crippen molar-refractivity contribution in [1.29, 1.82) is 0 Å². The lowest BCUT2D eigenvalue weighted by Crippen LogP contribution is -2.57. The largest absolute Gasteiger partial charge is 0.377 e. The second-order valence-electron chi connectivity index (χ2n) is 10.1. The zero-order valence-electron chi connectivity index (χ0n) is 20.6. The van der Waals surface area contributed by atoms with Gasteiger partial charge in [-0.1, -0.05) is 94.2 Å². The molecular formula is C28H38O4Si. The number of benzene rings is 2. The fourth-order valence-electron chi connectivity index (χ4n) is 4.10. The molecule has 0 aromatic heterocycles. The number of aliphatic hydroxyl groups is 1. The second-order valence-corrected chi connectivity index (χ2v) is 14.8. The van der Waals surface area contributed by atoms with Crippen molar-refractivity contribution in [3.63, 3.8) is 0 Å². The number of ether oxygens (including phenoxy) is 3. The predicted molar refractivity (Wildman–Crippen MR) is 135 cm³/mol. The molecule has 2 aromatic carbocycles. The first-order valence-electron chi connectivity index (χ1n) is 11.9.